The molecule has 0 spiro atoms. The van der Waals surface area contributed by atoms with E-state index in [0.29, 0.717) is 18.3 Å². The van der Waals surface area contributed by atoms with E-state index in [9.17, 15) is 9.59 Å². The van der Waals surface area contributed by atoms with Crippen LogP contribution in [0.15, 0.2) is 34.0 Å². The van der Waals surface area contributed by atoms with Crippen LogP contribution in [0.25, 0.3) is 10.2 Å². The minimum Gasteiger partial charge on any atom is -0.310 e. The Hall–Kier alpha value is -2.20. The molecule has 0 aliphatic carbocycles. The second-order valence-corrected chi connectivity index (χ2v) is 11.9. The van der Waals surface area contributed by atoms with Crippen LogP contribution >= 0.6 is 23.1 Å². The van der Waals surface area contributed by atoms with Crippen LogP contribution in [0.5, 0.6) is 0 Å². The van der Waals surface area contributed by atoms with Gasteiger partial charge in [0.25, 0.3) is 5.56 Å². The number of carbonyl (C=O) groups is 1. The number of aromatic amines is 1. The number of carbonyl (C=O) groups excluding carboxylic acids is 1. The Bertz CT molecular complexity index is 1260. The molecule has 180 valence electrons. The summed E-state index contributed by atoms with van der Waals surface area (Å²) in [6, 6.07) is 8.25. The lowest BCUT2D eigenvalue weighted by Gasteiger charge is -2.35. The zero-order chi connectivity index (χ0) is 23.8. The van der Waals surface area contributed by atoms with Crippen LogP contribution in [-0.2, 0) is 11.3 Å². The lowest BCUT2D eigenvalue weighted by atomic mass is 10.2. The number of hydrogen-bond acceptors (Lipinski definition) is 7. The van der Waals surface area contributed by atoms with E-state index in [1.54, 1.807) is 11.3 Å². The summed E-state index contributed by atoms with van der Waals surface area (Å²) in [4.78, 5) is 43.2. The summed E-state index contributed by atoms with van der Waals surface area (Å²) in [6.45, 7) is 11.4. The predicted molar refractivity (Wildman–Crippen MR) is 140 cm³/mol. The van der Waals surface area contributed by atoms with Crippen LogP contribution in [0.1, 0.15) is 29.6 Å². The van der Waals surface area contributed by atoms with Crippen molar-refractivity contribution in [3.05, 3.63) is 50.9 Å². The first-order valence-corrected chi connectivity index (χ1v) is 13.6. The fourth-order valence-electron chi connectivity index (χ4n) is 4.71. The Morgan fingerprint density at radius 1 is 1.12 bits per heavy atom. The summed E-state index contributed by atoms with van der Waals surface area (Å²) in [5.41, 5.74) is 2.03. The zero-order valence-corrected chi connectivity index (χ0v) is 21.6. The third-order valence-electron chi connectivity index (χ3n) is 6.83. The first-order valence-electron chi connectivity index (χ1n) is 11.9. The number of amides is 1. The third kappa shape index (κ3) is 4.79. The van der Waals surface area contributed by atoms with E-state index in [4.69, 9.17) is 4.98 Å². The number of thioether (sulfide) groups is 1. The minimum atomic E-state index is -0.0451. The van der Waals surface area contributed by atoms with E-state index in [1.807, 2.05) is 42.6 Å². The molecule has 1 aromatic carbocycles. The average Bonchev–Trinajstić information content (AvgIpc) is 2.98. The van der Waals surface area contributed by atoms with Gasteiger partial charge in [-0.15, -0.1) is 23.1 Å². The molecule has 0 unspecified atom stereocenters. The number of benzene rings is 1. The molecule has 0 radical (unpaired) electrons. The summed E-state index contributed by atoms with van der Waals surface area (Å²) in [5, 5.41) is 1.22. The van der Waals surface area contributed by atoms with E-state index >= 15 is 0 Å². The number of fused-ring (bicyclic) bond motifs is 2. The quantitative estimate of drug-likeness (QED) is 0.594. The molecule has 9 heteroatoms. The highest BCUT2D eigenvalue weighted by Crippen LogP contribution is 2.37. The number of thiophene rings is 1. The molecule has 1 N–H and O–H groups in total. The highest BCUT2D eigenvalue weighted by atomic mass is 32.2. The number of H-pyrrole nitrogens is 1. The number of piperazine rings is 1. The second kappa shape index (κ2) is 9.81. The molecular weight excluding hydrogens is 466 g/mol. The molecule has 2 aromatic heterocycles. The normalized spacial score (nSPS) is 19.9. The lowest BCUT2D eigenvalue weighted by molar-refractivity contribution is -0.120. The standard InChI is InChI=1S/C25H31N5O2S2/c1-16-8-9-30(19-6-4-5-7-20(19)33-16)22(31)15-29-12-10-28(11-13-29)14-21-26-24(32)23-17(2)18(3)34-25(23)27-21/h4-7,16H,8-15H2,1-3H3,(H,26,27,32)/t16-/m0/s1. The number of para-hydroxylation sites is 1. The molecule has 5 rings (SSSR count). The average molecular weight is 498 g/mol. The van der Waals surface area contributed by atoms with Gasteiger partial charge in [-0.05, 0) is 38.0 Å². The number of aryl methyl sites for hydroxylation is 2. The molecule has 0 saturated carbocycles. The van der Waals surface area contributed by atoms with Crippen molar-refractivity contribution in [1.29, 1.82) is 0 Å². The van der Waals surface area contributed by atoms with Crippen LogP contribution in [0, 0.1) is 13.8 Å². The van der Waals surface area contributed by atoms with Crippen molar-refractivity contribution in [2.24, 2.45) is 0 Å². The Morgan fingerprint density at radius 2 is 1.85 bits per heavy atom. The number of rotatable bonds is 4. The fraction of sp³-hybridized carbons (Fsp3) is 0.480. The zero-order valence-electron chi connectivity index (χ0n) is 20.0. The van der Waals surface area contributed by atoms with Crippen molar-refractivity contribution < 1.29 is 4.79 Å². The van der Waals surface area contributed by atoms with Crippen molar-refractivity contribution in [3.8, 4) is 0 Å². The van der Waals surface area contributed by atoms with Crippen molar-refractivity contribution >= 4 is 44.9 Å². The Balaban J connectivity index is 1.20. The predicted octanol–water partition coefficient (Wildman–Crippen LogP) is 3.64. The summed E-state index contributed by atoms with van der Waals surface area (Å²) < 4.78 is 0. The van der Waals surface area contributed by atoms with Gasteiger partial charge in [0.05, 0.1) is 24.2 Å². The summed E-state index contributed by atoms with van der Waals surface area (Å²) >= 11 is 3.45. The van der Waals surface area contributed by atoms with E-state index in [1.165, 1.54) is 4.90 Å². The lowest BCUT2D eigenvalue weighted by Crippen LogP contribution is -2.50. The topological polar surface area (TPSA) is 72.5 Å². The molecule has 2 aliphatic rings. The monoisotopic (exact) mass is 497 g/mol. The van der Waals surface area contributed by atoms with Gasteiger partial charge in [0.15, 0.2) is 0 Å². The van der Waals surface area contributed by atoms with E-state index < -0.39 is 0 Å². The van der Waals surface area contributed by atoms with Crippen LogP contribution < -0.4 is 10.5 Å². The van der Waals surface area contributed by atoms with Crippen molar-refractivity contribution in [3.63, 3.8) is 0 Å². The molecular formula is C25H31N5O2S2. The first-order chi connectivity index (χ1) is 16.4. The highest BCUT2D eigenvalue weighted by molar-refractivity contribution is 8.00. The number of hydrogen-bond donors (Lipinski definition) is 1. The largest absolute Gasteiger partial charge is 0.310 e. The van der Waals surface area contributed by atoms with Gasteiger partial charge in [-0.25, -0.2) is 4.98 Å². The number of nitrogens with zero attached hydrogens (tertiary/aromatic N) is 4. The molecule has 1 saturated heterocycles. The maximum Gasteiger partial charge on any atom is 0.259 e. The van der Waals surface area contributed by atoms with E-state index in [-0.39, 0.29) is 11.5 Å². The SMILES string of the molecule is Cc1sc2nc(CN3CCN(CC(=O)N4CC[C@H](C)Sc5ccccc54)CC3)[nH]c(=O)c2c1C. The molecule has 1 fully saturated rings. The van der Waals surface area contributed by atoms with Crippen LogP contribution in [0.4, 0.5) is 5.69 Å². The van der Waals surface area contributed by atoms with Gasteiger partial charge >= 0.3 is 0 Å². The molecule has 1 amide bonds. The number of nitrogens with one attached hydrogen (secondary N) is 1. The van der Waals surface area contributed by atoms with Gasteiger partial charge in [0, 0.05) is 47.7 Å². The number of aromatic nitrogens is 2. The van der Waals surface area contributed by atoms with Crippen LogP contribution in [0.2, 0.25) is 0 Å². The van der Waals surface area contributed by atoms with Gasteiger partial charge < -0.3 is 9.88 Å². The van der Waals surface area contributed by atoms with E-state index in [2.05, 4.69) is 33.8 Å². The smallest absolute Gasteiger partial charge is 0.259 e. The Labute approximate surface area is 208 Å². The Morgan fingerprint density at radius 3 is 2.65 bits per heavy atom. The Kier molecular flexibility index (Phi) is 6.79. The maximum atomic E-state index is 13.3. The molecule has 3 aromatic rings. The van der Waals surface area contributed by atoms with Gasteiger partial charge in [0.1, 0.15) is 10.7 Å². The molecule has 2 aliphatic heterocycles. The summed E-state index contributed by atoms with van der Waals surface area (Å²) in [6.07, 6.45) is 0.998. The van der Waals surface area contributed by atoms with Gasteiger partial charge in [-0.3, -0.25) is 19.4 Å². The molecule has 34 heavy (non-hydrogen) atoms. The van der Waals surface area contributed by atoms with Crippen molar-refractivity contribution in [2.75, 3.05) is 44.2 Å². The molecule has 1 atom stereocenters. The highest BCUT2D eigenvalue weighted by Gasteiger charge is 2.27. The molecule has 4 heterocycles. The van der Waals surface area contributed by atoms with E-state index in [0.717, 1.165) is 71.3 Å². The second-order valence-electron chi connectivity index (χ2n) is 9.26. The van der Waals surface area contributed by atoms with Gasteiger partial charge in [-0.1, -0.05) is 19.1 Å². The van der Waals surface area contributed by atoms with Crippen molar-refractivity contribution in [2.45, 2.75) is 43.9 Å². The maximum absolute atomic E-state index is 13.3. The fourth-order valence-corrected chi connectivity index (χ4v) is 6.88. The third-order valence-corrected chi connectivity index (χ3v) is 9.17. The summed E-state index contributed by atoms with van der Waals surface area (Å²) in [7, 11) is 0. The summed E-state index contributed by atoms with van der Waals surface area (Å²) in [5.74, 6) is 0.895. The minimum absolute atomic E-state index is 0.0451. The van der Waals surface area contributed by atoms with Gasteiger partial charge in [0.2, 0.25) is 5.91 Å². The first kappa shape index (κ1) is 23.5. The van der Waals surface area contributed by atoms with Gasteiger partial charge in [-0.2, -0.15) is 0 Å². The number of anilines is 1. The van der Waals surface area contributed by atoms with Crippen molar-refractivity contribution in [1.82, 2.24) is 19.8 Å². The van der Waals surface area contributed by atoms with Crippen LogP contribution in [-0.4, -0.2) is 70.2 Å². The molecule has 7 nitrogen and oxygen atoms in total. The van der Waals surface area contributed by atoms with Crippen LogP contribution in [0.3, 0.4) is 0 Å². The molecule has 0 bridgehead atoms.